The van der Waals surface area contributed by atoms with Crippen molar-refractivity contribution in [1.29, 1.82) is 0 Å². The van der Waals surface area contributed by atoms with Crippen molar-refractivity contribution >= 4 is 17.9 Å². The van der Waals surface area contributed by atoms with Gasteiger partial charge in [-0.1, -0.05) is 6.07 Å². The average Bonchev–Trinajstić information content (AvgIpc) is 2.55. The Balaban J connectivity index is 1.36. The van der Waals surface area contributed by atoms with Gasteiger partial charge >= 0.3 is 0 Å². The number of benzene rings is 1. The van der Waals surface area contributed by atoms with Crippen LogP contribution in [0.3, 0.4) is 0 Å². The van der Waals surface area contributed by atoms with Gasteiger partial charge in [0.15, 0.2) is 0 Å². The number of hydrogen-bond donors (Lipinski definition) is 2. The lowest BCUT2D eigenvalue weighted by Gasteiger charge is -2.54. The Labute approximate surface area is 153 Å². The third-order valence-electron chi connectivity index (χ3n) is 6.31. The van der Waals surface area contributed by atoms with E-state index in [1.165, 1.54) is 56.2 Å². The van der Waals surface area contributed by atoms with Crippen LogP contribution in [0.25, 0.3) is 0 Å². The predicted octanol–water partition coefficient (Wildman–Crippen LogP) is 4.14. The van der Waals surface area contributed by atoms with Gasteiger partial charge in [-0.2, -0.15) is 0 Å². The van der Waals surface area contributed by atoms with Gasteiger partial charge in [0.2, 0.25) is 5.91 Å². The second-order valence-electron chi connectivity index (χ2n) is 8.72. The fourth-order valence-corrected chi connectivity index (χ4v) is 6.04. The van der Waals surface area contributed by atoms with Crippen LogP contribution < -0.4 is 10.0 Å². The van der Waals surface area contributed by atoms with Crippen LogP contribution in [0.5, 0.6) is 0 Å². The number of nitrogens with one attached hydrogen (secondary N) is 2. The van der Waals surface area contributed by atoms with E-state index < -0.39 is 5.54 Å². The maximum atomic E-state index is 13.3. The van der Waals surface area contributed by atoms with Crippen molar-refractivity contribution in [1.82, 2.24) is 10.0 Å². The van der Waals surface area contributed by atoms with Crippen molar-refractivity contribution < 1.29 is 9.18 Å². The zero-order valence-corrected chi connectivity index (χ0v) is 15.7. The largest absolute Gasteiger partial charge is 0.351 e. The molecule has 0 aromatic heterocycles. The zero-order valence-electron chi connectivity index (χ0n) is 14.9. The number of rotatable bonds is 5. The summed E-state index contributed by atoms with van der Waals surface area (Å²) in [5, 5.41) is 3.36. The summed E-state index contributed by atoms with van der Waals surface area (Å²) in [7, 11) is 0. The SMILES string of the molecule is CC(C)(NSc1cccc(F)c1)C(=O)NC1C2CC3CC(C2)CC1C3. The van der Waals surface area contributed by atoms with Gasteiger partial charge in [-0.25, -0.2) is 9.11 Å². The van der Waals surface area contributed by atoms with E-state index in [2.05, 4.69) is 10.0 Å². The summed E-state index contributed by atoms with van der Waals surface area (Å²) in [5.74, 6) is 2.95. The first-order valence-corrected chi connectivity index (χ1v) is 10.2. The molecule has 0 unspecified atom stereocenters. The van der Waals surface area contributed by atoms with Gasteiger partial charge in [-0.3, -0.25) is 4.79 Å². The molecule has 25 heavy (non-hydrogen) atoms. The molecule has 1 aromatic rings. The fraction of sp³-hybridized carbons (Fsp3) is 0.650. The summed E-state index contributed by atoms with van der Waals surface area (Å²) in [6.07, 6.45) is 6.60. The second kappa shape index (κ2) is 6.58. The van der Waals surface area contributed by atoms with Crippen molar-refractivity contribution in [3.63, 3.8) is 0 Å². The monoisotopic (exact) mass is 362 g/mol. The Morgan fingerprint density at radius 1 is 1.12 bits per heavy atom. The molecular weight excluding hydrogens is 335 g/mol. The molecular formula is C20H27FN2OS. The molecule has 4 saturated carbocycles. The minimum Gasteiger partial charge on any atom is -0.351 e. The molecule has 5 heteroatoms. The lowest BCUT2D eigenvalue weighted by atomic mass is 9.54. The van der Waals surface area contributed by atoms with Crippen molar-refractivity contribution in [3.05, 3.63) is 30.1 Å². The zero-order chi connectivity index (χ0) is 17.6. The van der Waals surface area contributed by atoms with Crippen LogP contribution in [0.4, 0.5) is 4.39 Å². The van der Waals surface area contributed by atoms with E-state index in [1.54, 1.807) is 6.07 Å². The van der Waals surface area contributed by atoms with E-state index in [9.17, 15) is 9.18 Å². The summed E-state index contributed by atoms with van der Waals surface area (Å²) in [4.78, 5) is 13.7. The van der Waals surface area contributed by atoms with Crippen LogP contribution in [0.2, 0.25) is 0 Å². The molecule has 5 rings (SSSR count). The van der Waals surface area contributed by atoms with Gasteiger partial charge < -0.3 is 5.32 Å². The van der Waals surface area contributed by atoms with Crippen LogP contribution in [0.1, 0.15) is 46.0 Å². The first-order chi connectivity index (χ1) is 11.9. The maximum absolute atomic E-state index is 13.3. The van der Waals surface area contributed by atoms with E-state index in [0.29, 0.717) is 17.9 Å². The topological polar surface area (TPSA) is 41.1 Å². The van der Waals surface area contributed by atoms with Crippen molar-refractivity contribution in [3.8, 4) is 0 Å². The minimum absolute atomic E-state index is 0.0499. The van der Waals surface area contributed by atoms with Gasteiger partial charge in [0, 0.05) is 10.9 Å². The quantitative estimate of drug-likeness (QED) is 0.774. The van der Waals surface area contributed by atoms with E-state index in [0.717, 1.165) is 16.7 Å². The Morgan fingerprint density at radius 3 is 2.36 bits per heavy atom. The molecule has 1 amide bonds. The molecule has 0 aliphatic heterocycles. The Morgan fingerprint density at radius 2 is 1.76 bits per heavy atom. The molecule has 3 nitrogen and oxygen atoms in total. The summed E-state index contributed by atoms with van der Waals surface area (Å²) in [6, 6.07) is 6.77. The lowest BCUT2D eigenvalue weighted by molar-refractivity contribution is -0.129. The predicted molar refractivity (Wildman–Crippen MR) is 98.4 cm³/mol. The summed E-state index contributed by atoms with van der Waals surface area (Å²) >= 11 is 1.31. The highest BCUT2D eigenvalue weighted by Crippen LogP contribution is 2.53. The number of carbonyl (C=O) groups excluding carboxylic acids is 1. The molecule has 0 atom stereocenters. The van der Waals surface area contributed by atoms with Crippen LogP contribution in [0.15, 0.2) is 29.2 Å². The summed E-state index contributed by atoms with van der Waals surface area (Å²) < 4.78 is 16.5. The average molecular weight is 363 g/mol. The van der Waals surface area contributed by atoms with Crippen molar-refractivity contribution in [2.24, 2.45) is 23.7 Å². The van der Waals surface area contributed by atoms with Crippen molar-refractivity contribution in [2.45, 2.75) is 62.4 Å². The van der Waals surface area contributed by atoms with Gasteiger partial charge in [0.1, 0.15) is 11.4 Å². The van der Waals surface area contributed by atoms with Gasteiger partial charge in [0.05, 0.1) is 0 Å². The Hall–Kier alpha value is -1.07. The second-order valence-corrected chi connectivity index (χ2v) is 9.60. The molecule has 4 fully saturated rings. The highest BCUT2D eigenvalue weighted by Gasteiger charge is 2.49. The molecule has 4 aliphatic carbocycles. The number of amides is 1. The standard InChI is InChI=1S/C20H27FN2OS/c1-20(2,23-25-17-5-3-4-16(21)11-17)19(24)22-18-14-7-12-6-13(9-14)10-15(18)8-12/h3-5,11-15,18,23H,6-10H2,1-2H3,(H,22,24). The van der Waals surface area contributed by atoms with Crippen LogP contribution in [-0.4, -0.2) is 17.5 Å². The van der Waals surface area contributed by atoms with Gasteiger partial charge in [0.25, 0.3) is 0 Å². The molecule has 136 valence electrons. The first-order valence-electron chi connectivity index (χ1n) is 9.41. The molecule has 4 bridgehead atoms. The van der Waals surface area contributed by atoms with E-state index >= 15 is 0 Å². The molecule has 0 spiro atoms. The van der Waals surface area contributed by atoms with Crippen molar-refractivity contribution in [2.75, 3.05) is 0 Å². The van der Waals surface area contributed by atoms with Crippen LogP contribution in [-0.2, 0) is 4.79 Å². The van der Waals surface area contributed by atoms with E-state index in [-0.39, 0.29) is 11.7 Å². The lowest BCUT2D eigenvalue weighted by Crippen LogP contribution is -2.60. The van der Waals surface area contributed by atoms with Crippen LogP contribution in [0, 0.1) is 29.5 Å². The summed E-state index contributed by atoms with van der Waals surface area (Å²) in [5.41, 5.74) is -0.703. The molecule has 0 heterocycles. The Kier molecular flexibility index (Phi) is 4.57. The smallest absolute Gasteiger partial charge is 0.240 e. The maximum Gasteiger partial charge on any atom is 0.240 e. The highest BCUT2D eigenvalue weighted by molar-refractivity contribution is 7.97. The molecule has 4 aliphatic rings. The van der Waals surface area contributed by atoms with E-state index in [1.807, 2.05) is 19.9 Å². The summed E-state index contributed by atoms with van der Waals surface area (Å²) in [6.45, 7) is 3.79. The molecule has 0 radical (unpaired) electrons. The number of carbonyl (C=O) groups is 1. The normalized spacial score (nSPS) is 33.5. The van der Waals surface area contributed by atoms with Gasteiger partial charge in [-0.05, 0) is 99.8 Å². The third kappa shape index (κ3) is 3.59. The third-order valence-corrected chi connectivity index (χ3v) is 7.41. The van der Waals surface area contributed by atoms with Gasteiger partial charge in [-0.15, -0.1) is 0 Å². The fourth-order valence-electron chi connectivity index (χ4n) is 5.26. The molecule has 1 aromatic carbocycles. The minimum atomic E-state index is -0.703. The molecule has 2 N–H and O–H groups in total. The number of hydrogen-bond acceptors (Lipinski definition) is 3. The molecule has 0 saturated heterocycles. The Bertz CT molecular complexity index is 635. The number of halogens is 1. The highest BCUT2D eigenvalue weighted by atomic mass is 32.2. The van der Waals surface area contributed by atoms with Crippen LogP contribution >= 0.6 is 11.9 Å². The first kappa shape index (κ1) is 17.3. The van der Waals surface area contributed by atoms with E-state index in [4.69, 9.17) is 0 Å².